The second-order valence-electron chi connectivity index (χ2n) is 2.39. The number of rotatable bonds is 2. The Labute approximate surface area is 81.2 Å². The maximum absolute atomic E-state index is 8.77. The monoisotopic (exact) mass is 202 g/mol. The van der Waals surface area contributed by atoms with Gasteiger partial charge in [-0.1, -0.05) is 35.8 Å². The third-order valence-corrected chi connectivity index (χ3v) is 2.26. The summed E-state index contributed by atoms with van der Waals surface area (Å²) in [5, 5.41) is 9.75. The van der Waals surface area contributed by atoms with Crippen molar-refractivity contribution in [1.29, 1.82) is 0 Å². The van der Waals surface area contributed by atoms with Gasteiger partial charge in [0.15, 0.2) is 0 Å². The van der Waals surface area contributed by atoms with E-state index in [1.54, 1.807) is 18.2 Å². The molecule has 3 heteroatoms. The van der Waals surface area contributed by atoms with Crippen molar-refractivity contribution in [2.45, 2.75) is 0 Å². The predicted octanol–water partition coefficient (Wildman–Crippen LogP) is 3.00. The number of hydrogen-bond acceptors (Lipinski definition) is 1. The smallest absolute Gasteiger partial charge is 0.0681 e. The predicted molar refractivity (Wildman–Crippen MR) is 52.6 cm³/mol. The fourth-order valence-corrected chi connectivity index (χ4v) is 1.11. The molecule has 0 spiro atoms. The summed E-state index contributed by atoms with van der Waals surface area (Å²) in [7, 11) is 0. The Morgan fingerprint density at radius 2 is 2.00 bits per heavy atom. The van der Waals surface area contributed by atoms with Gasteiger partial charge in [-0.15, -0.1) is 0 Å². The number of aliphatic hydroxyl groups is 1. The van der Waals surface area contributed by atoms with Gasteiger partial charge in [-0.2, -0.15) is 0 Å². The van der Waals surface area contributed by atoms with Crippen LogP contribution in [-0.4, -0.2) is 11.7 Å². The van der Waals surface area contributed by atoms with Gasteiger partial charge in [0.25, 0.3) is 0 Å². The summed E-state index contributed by atoms with van der Waals surface area (Å²) in [6, 6.07) is 5.13. The van der Waals surface area contributed by atoms with Crippen LogP contribution < -0.4 is 0 Å². The molecular weight excluding hydrogens is 195 g/mol. The molecule has 1 aromatic rings. The Hall–Kier alpha value is -0.500. The van der Waals surface area contributed by atoms with Crippen LogP contribution in [0.1, 0.15) is 5.56 Å². The van der Waals surface area contributed by atoms with E-state index < -0.39 is 0 Å². The molecule has 0 bridgehead atoms. The molecule has 12 heavy (non-hydrogen) atoms. The maximum Gasteiger partial charge on any atom is 0.0681 e. The molecule has 1 aromatic carbocycles. The third kappa shape index (κ3) is 2.01. The summed E-state index contributed by atoms with van der Waals surface area (Å²) in [6.45, 7) is 3.59. The lowest BCUT2D eigenvalue weighted by molar-refractivity contribution is 0.350. The third-order valence-electron chi connectivity index (χ3n) is 1.52. The molecule has 1 nitrogen and oxygen atoms in total. The van der Waals surface area contributed by atoms with Crippen LogP contribution in [-0.2, 0) is 0 Å². The zero-order chi connectivity index (χ0) is 9.14. The fourth-order valence-electron chi connectivity index (χ4n) is 0.807. The van der Waals surface area contributed by atoms with Crippen LogP contribution in [0.4, 0.5) is 0 Å². The molecule has 0 heterocycles. The molecule has 0 radical (unpaired) electrons. The van der Waals surface area contributed by atoms with Gasteiger partial charge in [0.1, 0.15) is 0 Å². The van der Waals surface area contributed by atoms with Gasteiger partial charge in [-0.25, -0.2) is 0 Å². The Bertz CT molecular complexity index is 307. The van der Waals surface area contributed by atoms with E-state index in [2.05, 4.69) is 6.58 Å². The molecule has 0 atom stereocenters. The SMILES string of the molecule is C=C(CO)c1ccc(Cl)c(Cl)c1. The molecule has 0 aliphatic heterocycles. The zero-order valence-corrected chi connectivity index (χ0v) is 7.86. The van der Waals surface area contributed by atoms with Gasteiger partial charge in [-0.3, -0.25) is 0 Å². The summed E-state index contributed by atoms with van der Waals surface area (Å²) in [4.78, 5) is 0. The minimum Gasteiger partial charge on any atom is -0.392 e. The van der Waals surface area contributed by atoms with Crippen LogP contribution in [0, 0.1) is 0 Å². The molecule has 0 saturated carbocycles. The summed E-state index contributed by atoms with van der Waals surface area (Å²) >= 11 is 11.5. The van der Waals surface area contributed by atoms with Crippen LogP contribution >= 0.6 is 23.2 Å². The van der Waals surface area contributed by atoms with Crippen LogP contribution in [0.2, 0.25) is 10.0 Å². The fraction of sp³-hybridized carbons (Fsp3) is 0.111. The van der Waals surface area contributed by atoms with E-state index in [1.807, 2.05) is 0 Å². The van der Waals surface area contributed by atoms with Crippen molar-refractivity contribution in [2.75, 3.05) is 6.61 Å². The quantitative estimate of drug-likeness (QED) is 0.783. The topological polar surface area (TPSA) is 20.2 Å². The number of halogens is 2. The van der Waals surface area contributed by atoms with E-state index in [0.29, 0.717) is 15.6 Å². The van der Waals surface area contributed by atoms with E-state index in [-0.39, 0.29) is 6.61 Å². The van der Waals surface area contributed by atoms with Gasteiger partial charge < -0.3 is 5.11 Å². The molecular formula is C9H8Cl2O. The van der Waals surface area contributed by atoms with Crippen molar-refractivity contribution < 1.29 is 5.11 Å². The first kappa shape index (κ1) is 9.59. The van der Waals surface area contributed by atoms with Crippen LogP contribution in [0.3, 0.4) is 0 Å². The highest BCUT2D eigenvalue weighted by atomic mass is 35.5. The lowest BCUT2D eigenvalue weighted by Crippen LogP contribution is -1.87. The second-order valence-corrected chi connectivity index (χ2v) is 3.20. The molecule has 0 unspecified atom stereocenters. The van der Waals surface area contributed by atoms with Crippen LogP contribution in [0.15, 0.2) is 24.8 Å². The minimum atomic E-state index is -0.0715. The largest absolute Gasteiger partial charge is 0.392 e. The molecule has 0 aromatic heterocycles. The summed E-state index contributed by atoms with van der Waals surface area (Å²) < 4.78 is 0. The average molecular weight is 203 g/mol. The van der Waals surface area contributed by atoms with Crippen molar-refractivity contribution in [3.8, 4) is 0 Å². The van der Waals surface area contributed by atoms with Crippen molar-refractivity contribution in [2.24, 2.45) is 0 Å². The van der Waals surface area contributed by atoms with E-state index >= 15 is 0 Å². The molecule has 1 N–H and O–H groups in total. The molecule has 64 valence electrons. The molecule has 0 aliphatic rings. The van der Waals surface area contributed by atoms with E-state index in [9.17, 15) is 0 Å². The second kappa shape index (κ2) is 3.94. The zero-order valence-electron chi connectivity index (χ0n) is 6.35. The molecule has 0 aliphatic carbocycles. The summed E-state index contributed by atoms with van der Waals surface area (Å²) in [6.07, 6.45) is 0. The normalized spacial score (nSPS) is 9.92. The van der Waals surface area contributed by atoms with Crippen molar-refractivity contribution in [3.05, 3.63) is 40.4 Å². The summed E-state index contributed by atoms with van der Waals surface area (Å²) in [5.41, 5.74) is 1.44. The molecule has 1 rings (SSSR count). The van der Waals surface area contributed by atoms with Crippen molar-refractivity contribution in [3.63, 3.8) is 0 Å². The standard InChI is InChI=1S/C9H8Cl2O/c1-6(5-12)7-2-3-8(10)9(11)4-7/h2-4,12H,1,5H2. The number of aliphatic hydroxyl groups excluding tert-OH is 1. The first-order chi connectivity index (χ1) is 5.65. The van der Waals surface area contributed by atoms with Crippen molar-refractivity contribution in [1.82, 2.24) is 0 Å². The van der Waals surface area contributed by atoms with Gasteiger partial charge in [0.2, 0.25) is 0 Å². The number of hydrogen-bond donors (Lipinski definition) is 1. The highest BCUT2D eigenvalue weighted by molar-refractivity contribution is 6.42. The maximum atomic E-state index is 8.77. The van der Waals surface area contributed by atoms with Gasteiger partial charge in [0.05, 0.1) is 16.7 Å². The van der Waals surface area contributed by atoms with Crippen molar-refractivity contribution >= 4 is 28.8 Å². The Balaban J connectivity index is 3.05. The average Bonchev–Trinajstić information content (AvgIpc) is 2.08. The lowest BCUT2D eigenvalue weighted by Gasteiger charge is -2.02. The van der Waals surface area contributed by atoms with Crippen LogP contribution in [0.25, 0.3) is 5.57 Å². The Kier molecular flexibility index (Phi) is 3.15. The first-order valence-corrected chi connectivity index (χ1v) is 4.15. The minimum absolute atomic E-state index is 0.0715. The molecule has 0 fully saturated rings. The lowest BCUT2D eigenvalue weighted by atomic mass is 10.1. The number of benzene rings is 1. The molecule has 0 amide bonds. The first-order valence-electron chi connectivity index (χ1n) is 3.39. The summed E-state index contributed by atoms with van der Waals surface area (Å²) in [5.74, 6) is 0. The van der Waals surface area contributed by atoms with E-state index in [1.165, 1.54) is 0 Å². The van der Waals surface area contributed by atoms with Gasteiger partial charge in [0, 0.05) is 0 Å². The Morgan fingerprint density at radius 1 is 1.33 bits per heavy atom. The highest BCUT2D eigenvalue weighted by Crippen LogP contribution is 2.25. The van der Waals surface area contributed by atoms with E-state index in [0.717, 1.165) is 5.56 Å². The van der Waals surface area contributed by atoms with Crippen LogP contribution in [0.5, 0.6) is 0 Å². The Morgan fingerprint density at radius 3 is 2.50 bits per heavy atom. The van der Waals surface area contributed by atoms with Gasteiger partial charge in [-0.05, 0) is 23.3 Å². The van der Waals surface area contributed by atoms with Gasteiger partial charge >= 0.3 is 0 Å². The van der Waals surface area contributed by atoms with E-state index in [4.69, 9.17) is 28.3 Å². The molecule has 0 saturated heterocycles. The highest BCUT2D eigenvalue weighted by Gasteiger charge is 2.01.